The first-order valence-corrected chi connectivity index (χ1v) is 12.0. The van der Waals surface area contributed by atoms with Gasteiger partial charge in [0.2, 0.25) is 0 Å². The number of benzene rings is 2. The van der Waals surface area contributed by atoms with Crippen molar-refractivity contribution in [3.63, 3.8) is 0 Å². The summed E-state index contributed by atoms with van der Waals surface area (Å²) >= 11 is 4.12. The Morgan fingerprint density at radius 3 is 2.83 bits per heavy atom. The Morgan fingerprint density at radius 2 is 1.97 bits per heavy atom. The highest BCUT2D eigenvalue weighted by atomic mass is 127. The third-order valence-electron chi connectivity index (χ3n) is 5.43. The van der Waals surface area contributed by atoms with Crippen LogP contribution < -0.4 is 0 Å². The number of aromatic nitrogens is 4. The summed E-state index contributed by atoms with van der Waals surface area (Å²) in [7, 11) is 0. The summed E-state index contributed by atoms with van der Waals surface area (Å²) in [5.41, 5.74) is 6.20. The van der Waals surface area contributed by atoms with Crippen LogP contribution in [0.2, 0.25) is 0 Å². The number of hydrogen-bond acceptors (Lipinski definition) is 4. The second-order valence-electron chi connectivity index (χ2n) is 7.25. The zero-order valence-electron chi connectivity index (χ0n) is 16.2. The molecule has 5 rings (SSSR count). The molecule has 1 aliphatic carbocycles. The van der Waals surface area contributed by atoms with Gasteiger partial charge in [0.05, 0.1) is 5.52 Å². The van der Waals surface area contributed by atoms with E-state index in [1.165, 1.54) is 37.8 Å². The lowest BCUT2D eigenvalue weighted by Crippen LogP contribution is -2.03. The van der Waals surface area contributed by atoms with Crippen molar-refractivity contribution in [2.75, 3.05) is 0 Å². The van der Waals surface area contributed by atoms with Crippen molar-refractivity contribution in [3.05, 3.63) is 68.9 Å². The minimum atomic E-state index is 0.850. The number of para-hydroxylation sites is 1. The Bertz CT molecular complexity index is 1200. The number of hydrogen-bond donors (Lipinski definition) is 0. The van der Waals surface area contributed by atoms with Crippen molar-refractivity contribution in [1.29, 1.82) is 0 Å². The third kappa shape index (κ3) is 3.57. The van der Waals surface area contributed by atoms with Crippen LogP contribution in [-0.2, 0) is 25.1 Å². The van der Waals surface area contributed by atoms with Gasteiger partial charge in [-0.3, -0.25) is 4.98 Å². The highest BCUT2D eigenvalue weighted by Gasteiger charge is 2.24. The number of rotatable bonds is 5. The fourth-order valence-electron chi connectivity index (χ4n) is 4.11. The molecule has 0 atom stereocenters. The quantitative estimate of drug-likeness (QED) is 0.247. The Balaban J connectivity index is 1.58. The molecular formula is C23H21IN4S. The molecule has 0 saturated carbocycles. The van der Waals surface area contributed by atoms with Crippen LogP contribution in [0.1, 0.15) is 30.2 Å². The molecule has 0 amide bonds. The highest BCUT2D eigenvalue weighted by Crippen LogP contribution is 2.37. The first-order chi connectivity index (χ1) is 14.2. The zero-order chi connectivity index (χ0) is 19.8. The maximum atomic E-state index is 4.93. The van der Waals surface area contributed by atoms with E-state index >= 15 is 0 Å². The molecule has 0 fully saturated rings. The SMILES string of the molecule is CCn1c(SCc2cccc(I)c2)nnc1-c1c2c(nc3ccccc13)CCC2. The van der Waals surface area contributed by atoms with Gasteiger partial charge in [0.25, 0.3) is 0 Å². The first-order valence-electron chi connectivity index (χ1n) is 9.96. The molecule has 4 nitrogen and oxygen atoms in total. The lowest BCUT2D eigenvalue weighted by molar-refractivity contribution is 0.687. The van der Waals surface area contributed by atoms with E-state index in [0.29, 0.717) is 0 Å². The summed E-state index contributed by atoms with van der Waals surface area (Å²) in [6, 6.07) is 17.1. The molecule has 29 heavy (non-hydrogen) atoms. The van der Waals surface area contributed by atoms with E-state index < -0.39 is 0 Å². The minimum absolute atomic E-state index is 0.850. The average molecular weight is 512 g/mol. The van der Waals surface area contributed by atoms with E-state index in [1.807, 2.05) is 0 Å². The van der Waals surface area contributed by atoms with Gasteiger partial charge in [-0.15, -0.1) is 10.2 Å². The Hall–Kier alpha value is -1.93. The Labute approximate surface area is 188 Å². The second kappa shape index (κ2) is 8.07. The molecule has 0 N–H and O–H groups in total. The molecule has 6 heteroatoms. The van der Waals surface area contributed by atoms with Crippen molar-refractivity contribution < 1.29 is 0 Å². The van der Waals surface area contributed by atoms with E-state index in [4.69, 9.17) is 4.98 Å². The summed E-state index contributed by atoms with van der Waals surface area (Å²) in [5.74, 6) is 1.87. The second-order valence-corrected chi connectivity index (χ2v) is 9.44. The van der Waals surface area contributed by atoms with Crippen molar-refractivity contribution in [3.8, 4) is 11.4 Å². The van der Waals surface area contributed by atoms with E-state index in [-0.39, 0.29) is 0 Å². The Morgan fingerprint density at radius 1 is 1.07 bits per heavy atom. The van der Waals surface area contributed by atoms with Crippen LogP contribution in [0.25, 0.3) is 22.3 Å². The number of halogens is 1. The monoisotopic (exact) mass is 512 g/mol. The van der Waals surface area contributed by atoms with Crippen LogP contribution >= 0.6 is 34.4 Å². The highest BCUT2D eigenvalue weighted by molar-refractivity contribution is 14.1. The predicted octanol–water partition coefficient (Wildman–Crippen LogP) is 5.90. The Kier molecular flexibility index (Phi) is 5.30. The molecule has 146 valence electrons. The number of aryl methyl sites for hydroxylation is 1. The van der Waals surface area contributed by atoms with Gasteiger partial charge in [0.1, 0.15) is 0 Å². The van der Waals surface area contributed by atoms with Crippen LogP contribution in [0.5, 0.6) is 0 Å². The number of thioether (sulfide) groups is 1. The molecule has 2 heterocycles. The standard InChI is InChI=1S/C23H21IN4S/c1-2-28-22(26-27-23(28)29-14-15-7-5-8-16(24)13-15)21-17-9-3-4-11-19(17)25-20-12-6-10-18(20)21/h3-5,7-9,11,13H,2,6,10,12,14H2,1H3. The smallest absolute Gasteiger partial charge is 0.191 e. The van der Waals surface area contributed by atoms with Gasteiger partial charge in [-0.2, -0.15) is 0 Å². The molecule has 2 aromatic heterocycles. The minimum Gasteiger partial charge on any atom is -0.302 e. The van der Waals surface area contributed by atoms with Gasteiger partial charge in [0.15, 0.2) is 11.0 Å². The number of fused-ring (bicyclic) bond motifs is 2. The lowest BCUT2D eigenvalue weighted by Gasteiger charge is -2.13. The van der Waals surface area contributed by atoms with Gasteiger partial charge in [0, 0.05) is 32.5 Å². The van der Waals surface area contributed by atoms with Gasteiger partial charge in [-0.1, -0.05) is 42.1 Å². The van der Waals surface area contributed by atoms with Gasteiger partial charge in [-0.05, 0) is 78.1 Å². The molecule has 0 radical (unpaired) electrons. The van der Waals surface area contributed by atoms with E-state index in [2.05, 4.69) is 92.8 Å². The molecule has 4 aromatic rings. The fraction of sp³-hybridized carbons (Fsp3) is 0.261. The number of nitrogens with zero attached hydrogens (tertiary/aromatic N) is 4. The summed E-state index contributed by atoms with van der Waals surface area (Å²) in [6.45, 7) is 3.02. The summed E-state index contributed by atoms with van der Waals surface area (Å²) in [5, 5.41) is 11.4. The van der Waals surface area contributed by atoms with E-state index in [1.54, 1.807) is 11.8 Å². The van der Waals surface area contributed by atoms with E-state index in [0.717, 1.165) is 41.6 Å². The van der Waals surface area contributed by atoms with Crippen molar-refractivity contribution in [1.82, 2.24) is 19.7 Å². The molecule has 0 aliphatic heterocycles. The molecule has 0 bridgehead atoms. The zero-order valence-corrected chi connectivity index (χ0v) is 19.2. The van der Waals surface area contributed by atoms with Gasteiger partial charge < -0.3 is 4.57 Å². The van der Waals surface area contributed by atoms with Crippen LogP contribution in [0.15, 0.2) is 53.7 Å². The maximum Gasteiger partial charge on any atom is 0.191 e. The third-order valence-corrected chi connectivity index (χ3v) is 7.14. The molecular weight excluding hydrogens is 491 g/mol. The largest absolute Gasteiger partial charge is 0.302 e. The fourth-order valence-corrected chi connectivity index (χ4v) is 5.66. The predicted molar refractivity (Wildman–Crippen MR) is 127 cm³/mol. The number of pyridine rings is 1. The summed E-state index contributed by atoms with van der Waals surface area (Å²) in [6.07, 6.45) is 3.30. The van der Waals surface area contributed by atoms with Gasteiger partial charge in [-0.25, -0.2) is 0 Å². The van der Waals surface area contributed by atoms with Crippen LogP contribution in [-0.4, -0.2) is 19.7 Å². The molecule has 2 aromatic carbocycles. The molecule has 0 saturated heterocycles. The molecule has 0 unspecified atom stereocenters. The molecule has 1 aliphatic rings. The topological polar surface area (TPSA) is 43.6 Å². The maximum absolute atomic E-state index is 4.93. The van der Waals surface area contributed by atoms with Crippen molar-refractivity contribution in [2.24, 2.45) is 0 Å². The summed E-state index contributed by atoms with van der Waals surface area (Å²) < 4.78 is 3.52. The average Bonchev–Trinajstić information content (AvgIpc) is 3.36. The summed E-state index contributed by atoms with van der Waals surface area (Å²) in [4.78, 5) is 4.93. The first kappa shape index (κ1) is 19.1. The van der Waals surface area contributed by atoms with Gasteiger partial charge >= 0.3 is 0 Å². The molecule has 0 spiro atoms. The van der Waals surface area contributed by atoms with Crippen LogP contribution in [0, 0.1) is 3.57 Å². The normalized spacial score (nSPS) is 13.2. The van der Waals surface area contributed by atoms with Crippen molar-refractivity contribution in [2.45, 2.75) is 43.6 Å². The van der Waals surface area contributed by atoms with Crippen LogP contribution in [0.3, 0.4) is 0 Å². The van der Waals surface area contributed by atoms with Crippen LogP contribution in [0.4, 0.5) is 0 Å². The lowest BCUT2D eigenvalue weighted by atomic mass is 10.0. The van der Waals surface area contributed by atoms with E-state index in [9.17, 15) is 0 Å². The van der Waals surface area contributed by atoms with Crippen molar-refractivity contribution >= 4 is 45.3 Å².